The summed E-state index contributed by atoms with van der Waals surface area (Å²) in [7, 11) is 0. The second kappa shape index (κ2) is 6.68. The molecule has 0 N–H and O–H groups in total. The summed E-state index contributed by atoms with van der Waals surface area (Å²) < 4.78 is 0. The Hall–Kier alpha value is -2.48. The van der Waals surface area contributed by atoms with Crippen molar-refractivity contribution in [2.75, 3.05) is 12.4 Å². The molecule has 0 aromatic heterocycles. The number of imide groups is 1. The minimum Gasteiger partial charge on any atom is -0.273 e. The van der Waals surface area contributed by atoms with E-state index in [-0.39, 0.29) is 30.1 Å². The largest absolute Gasteiger partial charge is 0.273 e. The average Bonchev–Trinajstić information content (AvgIpc) is 3.28. The number of hydrogen-bond acceptors (Lipinski definition) is 6. The van der Waals surface area contributed by atoms with E-state index in [4.69, 9.17) is 0 Å². The summed E-state index contributed by atoms with van der Waals surface area (Å²) in [4.78, 5) is 39.7. The molecule has 2 heterocycles. The standard InChI is InChI=1S/C18H18N4O3S/c1-11-5-4-8-14(11)19-20-18-21(15(23)9-26-18)10-22-16(24)12-6-2-3-7-13(12)17(22)25/h2-3,6-7,11H,4-5,8-10H2,1H3/b19-14+,20-18-. The van der Waals surface area contributed by atoms with Gasteiger partial charge >= 0.3 is 0 Å². The van der Waals surface area contributed by atoms with Crippen molar-refractivity contribution in [1.82, 2.24) is 9.80 Å². The van der Waals surface area contributed by atoms with Crippen molar-refractivity contribution >= 4 is 40.4 Å². The number of carbonyl (C=O) groups is 3. The smallest absolute Gasteiger partial charge is 0.263 e. The molecule has 1 saturated heterocycles. The quantitative estimate of drug-likeness (QED) is 0.604. The monoisotopic (exact) mass is 370 g/mol. The summed E-state index contributed by atoms with van der Waals surface area (Å²) in [6.45, 7) is 1.99. The zero-order chi connectivity index (χ0) is 18.3. The minimum atomic E-state index is -0.384. The van der Waals surface area contributed by atoms with E-state index >= 15 is 0 Å². The van der Waals surface area contributed by atoms with Crippen LogP contribution in [0.3, 0.4) is 0 Å². The Labute approximate surface area is 155 Å². The van der Waals surface area contributed by atoms with E-state index in [0.717, 1.165) is 29.9 Å². The molecule has 1 aromatic rings. The number of carbonyl (C=O) groups excluding carboxylic acids is 3. The average molecular weight is 370 g/mol. The maximum Gasteiger partial charge on any atom is 0.263 e. The molecule has 0 spiro atoms. The fourth-order valence-electron chi connectivity index (χ4n) is 3.38. The van der Waals surface area contributed by atoms with Gasteiger partial charge in [-0.3, -0.25) is 24.2 Å². The predicted molar refractivity (Wildman–Crippen MR) is 99.0 cm³/mol. The van der Waals surface area contributed by atoms with Crippen molar-refractivity contribution in [1.29, 1.82) is 0 Å². The molecule has 2 fully saturated rings. The van der Waals surface area contributed by atoms with Crippen molar-refractivity contribution in [3.05, 3.63) is 35.4 Å². The molecule has 2 aliphatic heterocycles. The number of nitrogens with zero attached hydrogens (tertiary/aromatic N) is 4. The first-order valence-electron chi connectivity index (χ1n) is 8.59. The zero-order valence-electron chi connectivity index (χ0n) is 14.3. The lowest BCUT2D eigenvalue weighted by Gasteiger charge is -2.21. The number of fused-ring (bicyclic) bond motifs is 1. The molecular weight excluding hydrogens is 352 g/mol. The molecule has 0 radical (unpaired) electrons. The van der Waals surface area contributed by atoms with Gasteiger partial charge in [0.1, 0.15) is 6.67 Å². The molecule has 8 heteroatoms. The zero-order valence-corrected chi connectivity index (χ0v) is 15.2. The van der Waals surface area contributed by atoms with E-state index in [2.05, 4.69) is 17.1 Å². The van der Waals surface area contributed by atoms with E-state index in [9.17, 15) is 14.4 Å². The van der Waals surface area contributed by atoms with Gasteiger partial charge in [-0.25, -0.2) is 0 Å². The van der Waals surface area contributed by atoms with Gasteiger partial charge in [-0.15, -0.1) is 5.10 Å². The van der Waals surface area contributed by atoms with Crippen LogP contribution in [0.5, 0.6) is 0 Å². The second-order valence-electron chi connectivity index (χ2n) is 6.60. The summed E-state index contributed by atoms with van der Waals surface area (Å²) in [6, 6.07) is 6.68. The van der Waals surface area contributed by atoms with Gasteiger partial charge in [-0.2, -0.15) is 5.10 Å². The Morgan fingerprint density at radius 1 is 1.08 bits per heavy atom. The molecule has 7 nitrogen and oxygen atoms in total. The van der Waals surface area contributed by atoms with E-state index in [1.54, 1.807) is 24.3 Å². The predicted octanol–water partition coefficient (Wildman–Crippen LogP) is 2.35. The summed E-state index contributed by atoms with van der Waals surface area (Å²) in [6.07, 6.45) is 3.14. The van der Waals surface area contributed by atoms with Gasteiger partial charge in [-0.1, -0.05) is 30.8 Å². The summed E-state index contributed by atoms with van der Waals surface area (Å²) in [5, 5.41) is 9.02. The van der Waals surface area contributed by atoms with E-state index in [0.29, 0.717) is 22.2 Å². The van der Waals surface area contributed by atoms with Crippen molar-refractivity contribution in [2.24, 2.45) is 16.1 Å². The fourth-order valence-corrected chi connectivity index (χ4v) is 4.20. The molecule has 1 unspecified atom stereocenters. The molecule has 1 atom stereocenters. The maximum absolute atomic E-state index is 12.5. The van der Waals surface area contributed by atoms with Crippen LogP contribution in [-0.2, 0) is 4.79 Å². The summed E-state index contributed by atoms with van der Waals surface area (Å²) in [5.41, 5.74) is 1.78. The molecule has 1 aliphatic carbocycles. The molecule has 1 saturated carbocycles. The number of amides is 3. The minimum absolute atomic E-state index is 0.128. The van der Waals surface area contributed by atoms with Gasteiger partial charge in [-0.05, 0) is 37.3 Å². The van der Waals surface area contributed by atoms with Crippen LogP contribution < -0.4 is 0 Å². The third-order valence-electron chi connectivity index (χ3n) is 4.92. The van der Waals surface area contributed by atoms with Crippen LogP contribution in [0.15, 0.2) is 34.5 Å². The lowest BCUT2D eigenvalue weighted by Crippen LogP contribution is -2.43. The normalized spacial score (nSPS) is 25.9. The first-order valence-corrected chi connectivity index (χ1v) is 9.57. The maximum atomic E-state index is 12.5. The Morgan fingerprint density at radius 3 is 2.38 bits per heavy atom. The number of amidine groups is 1. The van der Waals surface area contributed by atoms with Gasteiger partial charge in [0.05, 0.1) is 16.9 Å². The van der Waals surface area contributed by atoms with Crippen LogP contribution in [0.4, 0.5) is 0 Å². The SMILES string of the molecule is CC1CCC/C1=N\N=C1/SCC(=O)N1CN1C(=O)c2ccccc2C1=O. The van der Waals surface area contributed by atoms with Gasteiger partial charge in [0.15, 0.2) is 5.17 Å². The molecule has 1 aromatic carbocycles. The van der Waals surface area contributed by atoms with Gasteiger partial charge < -0.3 is 0 Å². The van der Waals surface area contributed by atoms with Crippen LogP contribution in [-0.4, -0.2) is 50.8 Å². The second-order valence-corrected chi connectivity index (χ2v) is 7.55. The highest BCUT2D eigenvalue weighted by atomic mass is 32.2. The van der Waals surface area contributed by atoms with E-state index in [1.165, 1.54) is 16.7 Å². The topological polar surface area (TPSA) is 82.4 Å². The molecule has 4 rings (SSSR count). The van der Waals surface area contributed by atoms with Gasteiger partial charge in [0, 0.05) is 5.71 Å². The molecule has 3 aliphatic rings. The van der Waals surface area contributed by atoms with Crippen LogP contribution in [0.1, 0.15) is 46.9 Å². The van der Waals surface area contributed by atoms with Crippen molar-refractivity contribution in [3.63, 3.8) is 0 Å². The third-order valence-corrected chi connectivity index (χ3v) is 5.87. The Kier molecular flexibility index (Phi) is 4.36. The van der Waals surface area contributed by atoms with Crippen molar-refractivity contribution in [2.45, 2.75) is 26.2 Å². The first kappa shape index (κ1) is 17.0. The molecular formula is C18H18N4O3S. The van der Waals surface area contributed by atoms with E-state index in [1.807, 2.05) is 0 Å². The molecule has 0 bridgehead atoms. The number of thioether (sulfide) groups is 1. The highest BCUT2D eigenvalue weighted by molar-refractivity contribution is 8.15. The van der Waals surface area contributed by atoms with Crippen molar-refractivity contribution < 1.29 is 14.4 Å². The Morgan fingerprint density at radius 2 is 1.77 bits per heavy atom. The first-order chi connectivity index (χ1) is 12.6. The van der Waals surface area contributed by atoms with Crippen LogP contribution in [0.25, 0.3) is 0 Å². The fraction of sp³-hybridized carbons (Fsp3) is 0.389. The molecule has 134 valence electrons. The van der Waals surface area contributed by atoms with Crippen molar-refractivity contribution in [3.8, 4) is 0 Å². The summed E-state index contributed by atoms with van der Waals surface area (Å²) in [5.74, 6) is -0.297. The third kappa shape index (κ3) is 2.84. The van der Waals surface area contributed by atoms with Crippen LogP contribution in [0, 0.1) is 5.92 Å². The van der Waals surface area contributed by atoms with Crippen LogP contribution >= 0.6 is 11.8 Å². The molecule has 26 heavy (non-hydrogen) atoms. The number of benzene rings is 1. The summed E-state index contributed by atoms with van der Waals surface area (Å²) >= 11 is 1.28. The van der Waals surface area contributed by atoms with Gasteiger partial charge in [0.25, 0.3) is 11.8 Å². The number of hydrogen-bond donors (Lipinski definition) is 0. The van der Waals surface area contributed by atoms with E-state index < -0.39 is 0 Å². The lowest BCUT2D eigenvalue weighted by atomic mass is 10.1. The highest BCUT2D eigenvalue weighted by Crippen LogP contribution is 2.27. The molecule has 3 amide bonds. The Balaban J connectivity index is 1.56. The number of rotatable bonds is 3. The lowest BCUT2D eigenvalue weighted by molar-refractivity contribution is -0.124. The van der Waals surface area contributed by atoms with Gasteiger partial charge in [0.2, 0.25) is 5.91 Å². The highest BCUT2D eigenvalue weighted by Gasteiger charge is 2.39. The Bertz CT molecular complexity index is 829. The van der Waals surface area contributed by atoms with Crippen LogP contribution in [0.2, 0.25) is 0 Å².